The van der Waals surface area contributed by atoms with E-state index in [0.717, 1.165) is 56.7 Å². The van der Waals surface area contributed by atoms with Gasteiger partial charge in [0.1, 0.15) is 5.82 Å². The highest BCUT2D eigenvalue weighted by Gasteiger charge is 2.13. The van der Waals surface area contributed by atoms with Crippen molar-refractivity contribution in [3.63, 3.8) is 0 Å². The Morgan fingerprint density at radius 3 is 2.72 bits per heavy atom. The largest absolute Gasteiger partial charge is 0.314 e. The molecule has 2 nitrogen and oxygen atoms in total. The molecule has 100 valence electrons. The molecule has 0 spiro atoms. The topological polar surface area (TPSA) is 15.3 Å². The van der Waals surface area contributed by atoms with E-state index in [4.69, 9.17) is 11.6 Å². The summed E-state index contributed by atoms with van der Waals surface area (Å²) in [5, 5.41) is 3.57. The molecule has 0 aliphatic carbocycles. The maximum atomic E-state index is 13.9. The van der Waals surface area contributed by atoms with Crippen molar-refractivity contribution in [2.45, 2.75) is 19.8 Å². The fourth-order valence-electron chi connectivity index (χ4n) is 2.31. The van der Waals surface area contributed by atoms with Crippen molar-refractivity contribution >= 4 is 11.6 Å². The molecule has 0 bridgehead atoms. The van der Waals surface area contributed by atoms with Crippen LogP contribution in [0.25, 0.3) is 0 Å². The Kier molecular flexibility index (Phi) is 4.98. The summed E-state index contributed by atoms with van der Waals surface area (Å²) in [6.07, 6.45) is 1.63. The summed E-state index contributed by atoms with van der Waals surface area (Å²) in [5.74, 6) is -0.246. The Bertz CT molecular complexity index is 403. The average Bonchev–Trinajstić information content (AvgIpc) is 2.41. The van der Waals surface area contributed by atoms with Crippen molar-refractivity contribution in [1.82, 2.24) is 10.2 Å². The minimum absolute atomic E-state index is 0.246. The van der Waals surface area contributed by atoms with Gasteiger partial charge in [0.05, 0.1) is 5.02 Å². The van der Waals surface area contributed by atoms with Crippen LogP contribution in [0.2, 0.25) is 5.02 Å². The van der Waals surface area contributed by atoms with E-state index in [1.54, 1.807) is 6.07 Å². The lowest BCUT2D eigenvalue weighted by atomic mass is 10.1. The molecule has 1 N–H and O–H groups in total. The lowest BCUT2D eigenvalue weighted by Crippen LogP contribution is -2.44. The number of rotatable bonds is 4. The molecule has 1 aromatic rings. The van der Waals surface area contributed by atoms with Gasteiger partial charge >= 0.3 is 0 Å². The molecule has 0 aromatic heterocycles. The number of halogens is 2. The lowest BCUT2D eigenvalue weighted by molar-refractivity contribution is 0.243. The Morgan fingerprint density at radius 2 is 2.06 bits per heavy atom. The van der Waals surface area contributed by atoms with E-state index in [9.17, 15) is 4.39 Å². The van der Waals surface area contributed by atoms with Gasteiger partial charge in [-0.25, -0.2) is 4.39 Å². The van der Waals surface area contributed by atoms with Gasteiger partial charge in [-0.05, 0) is 30.0 Å². The van der Waals surface area contributed by atoms with Crippen molar-refractivity contribution < 1.29 is 4.39 Å². The highest BCUT2D eigenvalue weighted by atomic mass is 35.5. The minimum atomic E-state index is -0.246. The summed E-state index contributed by atoms with van der Waals surface area (Å²) in [6, 6.07) is 3.68. The lowest BCUT2D eigenvalue weighted by Gasteiger charge is -2.27. The number of hydrogen-bond donors (Lipinski definition) is 1. The van der Waals surface area contributed by atoms with Gasteiger partial charge in [-0.15, -0.1) is 0 Å². The number of benzene rings is 1. The van der Waals surface area contributed by atoms with Crippen LogP contribution in [0.3, 0.4) is 0 Å². The van der Waals surface area contributed by atoms with E-state index >= 15 is 0 Å². The standard InChI is InChI=1S/C14H20ClFN2/c1-2-11-9-12(14(16)13(15)10-11)3-6-18-7-4-17-5-8-18/h9-10,17H,2-8H2,1H3. The zero-order valence-corrected chi connectivity index (χ0v) is 11.6. The fourth-order valence-corrected chi connectivity index (χ4v) is 2.57. The van der Waals surface area contributed by atoms with Crippen LogP contribution in [0.15, 0.2) is 12.1 Å². The van der Waals surface area contributed by atoms with E-state index in [2.05, 4.69) is 17.1 Å². The molecule has 4 heteroatoms. The quantitative estimate of drug-likeness (QED) is 0.904. The van der Waals surface area contributed by atoms with Gasteiger partial charge in [0, 0.05) is 32.7 Å². The van der Waals surface area contributed by atoms with Crippen LogP contribution in [-0.4, -0.2) is 37.6 Å². The Hall–Kier alpha value is -0.640. The average molecular weight is 271 g/mol. The Balaban J connectivity index is 2.01. The predicted octanol–water partition coefficient (Wildman–Crippen LogP) is 2.49. The fraction of sp³-hybridized carbons (Fsp3) is 0.571. The Morgan fingerprint density at radius 1 is 1.33 bits per heavy atom. The van der Waals surface area contributed by atoms with Crippen LogP contribution < -0.4 is 5.32 Å². The molecule has 2 rings (SSSR count). The van der Waals surface area contributed by atoms with E-state index in [0.29, 0.717) is 0 Å². The summed E-state index contributed by atoms with van der Waals surface area (Å²) in [5.41, 5.74) is 1.86. The van der Waals surface area contributed by atoms with E-state index in [1.807, 2.05) is 6.07 Å². The molecule has 1 aliphatic heterocycles. The van der Waals surface area contributed by atoms with Crippen molar-refractivity contribution in [3.05, 3.63) is 34.1 Å². The summed E-state index contributed by atoms with van der Waals surface area (Å²) in [4.78, 5) is 2.36. The highest BCUT2D eigenvalue weighted by molar-refractivity contribution is 6.30. The maximum absolute atomic E-state index is 13.9. The van der Waals surface area contributed by atoms with Crippen LogP contribution in [0.4, 0.5) is 4.39 Å². The third-order valence-electron chi connectivity index (χ3n) is 3.48. The number of nitrogens with one attached hydrogen (secondary N) is 1. The SMILES string of the molecule is CCc1cc(Cl)c(F)c(CCN2CCNCC2)c1. The first-order valence-corrected chi connectivity index (χ1v) is 6.98. The second kappa shape index (κ2) is 6.50. The predicted molar refractivity (Wildman–Crippen MR) is 73.8 cm³/mol. The van der Waals surface area contributed by atoms with E-state index in [-0.39, 0.29) is 10.8 Å². The first-order chi connectivity index (χ1) is 8.70. The van der Waals surface area contributed by atoms with Gasteiger partial charge in [-0.1, -0.05) is 24.6 Å². The number of nitrogens with zero attached hydrogens (tertiary/aromatic N) is 1. The zero-order valence-electron chi connectivity index (χ0n) is 10.8. The van der Waals surface area contributed by atoms with Gasteiger partial charge in [-0.2, -0.15) is 0 Å². The van der Waals surface area contributed by atoms with Crippen molar-refractivity contribution in [2.24, 2.45) is 0 Å². The highest BCUT2D eigenvalue weighted by Crippen LogP contribution is 2.22. The van der Waals surface area contributed by atoms with Gasteiger partial charge in [0.25, 0.3) is 0 Å². The number of hydrogen-bond acceptors (Lipinski definition) is 2. The second-order valence-corrected chi connectivity index (χ2v) is 5.15. The zero-order chi connectivity index (χ0) is 13.0. The number of aryl methyl sites for hydroxylation is 1. The third-order valence-corrected chi connectivity index (χ3v) is 3.75. The van der Waals surface area contributed by atoms with Crippen molar-refractivity contribution in [2.75, 3.05) is 32.7 Å². The molecule has 1 saturated heterocycles. The summed E-state index contributed by atoms with van der Waals surface area (Å²) >= 11 is 5.92. The smallest absolute Gasteiger partial charge is 0.145 e. The van der Waals surface area contributed by atoms with Crippen LogP contribution >= 0.6 is 11.6 Å². The molecule has 18 heavy (non-hydrogen) atoms. The van der Waals surface area contributed by atoms with E-state index < -0.39 is 0 Å². The molecule has 0 unspecified atom stereocenters. The Labute approximate surface area is 113 Å². The van der Waals surface area contributed by atoms with Crippen LogP contribution in [0.5, 0.6) is 0 Å². The molecule has 0 atom stereocenters. The van der Waals surface area contributed by atoms with Gasteiger partial charge in [0.2, 0.25) is 0 Å². The molecule has 1 heterocycles. The molecule has 1 aromatic carbocycles. The van der Waals surface area contributed by atoms with Gasteiger partial charge < -0.3 is 10.2 Å². The normalized spacial score (nSPS) is 17.1. The monoisotopic (exact) mass is 270 g/mol. The molecule has 0 radical (unpaired) electrons. The van der Waals surface area contributed by atoms with Crippen LogP contribution in [-0.2, 0) is 12.8 Å². The second-order valence-electron chi connectivity index (χ2n) is 4.75. The van der Waals surface area contributed by atoms with Gasteiger partial charge in [0.15, 0.2) is 0 Å². The van der Waals surface area contributed by atoms with Crippen LogP contribution in [0.1, 0.15) is 18.1 Å². The maximum Gasteiger partial charge on any atom is 0.145 e. The number of piperazine rings is 1. The molecule has 0 saturated carbocycles. The van der Waals surface area contributed by atoms with Crippen molar-refractivity contribution in [1.29, 1.82) is 0 Å². The molecular weight excluding hydrogens is 251 g/mol. The minimum Gasteiger partial charge on any atom is -0.314 e. The van der Waals surface area contributed by atoms with Crippen molar-refractivity contribution in [3.8, 4) is 0 Å². The molecule has 1 aliphatic rings. The summed E-state index contributed by atoms with van der Waals surface area (Å²) in [7, 11) is 0. The summed E-state index contributed by atoms with van der Waals surface area (Å²) < 4.78 is 13.9. The van der Waals surface area contributed by atoms with E-state index in [1.165, 1.54) is 0 Å². The molecule has 0 amide bonds. The van der Waals surface area contributed by atoms with Crippen LogP contribution in [0, 0.1) is 5.82 Å². The first-order valence-electron chi connectivity index (χ1n) is 6.60. The first kappa shape index (κ1) is 13.8. The molecule has 1 fully saturated rings. The summed E-state index contributed by atoms with van der Waals surface area (Å²) in [6.45, 7) is 7.11. The van der Waals surface area contributed by atoms with Gasteiger partial charge in [-0.3, -0.25) is 0 Å². The third kappa shape index (κ3) is 3.44. The molecular formula is C14H20ClFN2.